The molecule has 5 heterocycles. The van der Waals surface area contributed by atoms with E-state index in [-0.39, 0.29) is 36.1 Å². The molecule has 52 heavy (non-hydrogen) atoms. The molecule has 4 N–H and O–H groups in total. The molecule has 8 rings (SSSR count). The molecule has 1 unspecified atom stereocenters. The molecule has 2 aliphatic heterocycles. The Morgan fingerprint density at radius 2 is 1.83 bits per heavy atom. The number of fused-ring (bicyclic) bond motifs is 2. The summed E-state index contributed by atoms with van der Waals surface area (Å²) in [6, 6.07) is 21.2. The molecule has 6 aromatic rings. The van der Waals surface area contributed by atoms with E-state index in [1.165, 1.54) is 34.7 Å². The molecule has 3 aromatic carbocycles. The van der Waals surface area contributed by atoms with Gasteiger partial charge in [0, 0.05) is 41.3 Å². The van der Waals surface area contributed by atoms with Crippen LogP contribution in [-0.4, -0.2) is 73.1 Å². The number of para-hydroxylation sites is 1. The lowest BCUT2D eigenvalue weighted by atomic mass is 9.91. The van der Waals surface area contributed by atoms with E-state index < -0.39 is 17.2 Å². The Morgan fingerprint density at radius 1 is 1.00 bits per heavy atom. The van der Waals surface area contributed by atoms with Gasteiger partial charge in [-0.25, -0.2) is 23.4 Å². The van der Waals surface area contributed by atoms with E-state index >= 15 is 0 Å². The van der Waals surface area contributed by atoms with Crippen LogP contribution in [-0.2, 0) is 18.7 Å². The van der Waals surface area contributed by atoms with E-state index in [0.29, 0.717) is 48.8 Å². The second-order valence-corrected chi connectivity index (χ2v) is 14.3. The van der Waals surface area contributed by atoms with Crippen molar-refractivity contribution in [3.8, 4) is 11.4 Å². The van der Waals surface area contributed by atoms with Crippen molar-refractivity contribution in [2.45, 2.75) is 37.6 Å². The number of aromatic nitrogens is 5. The van der Waals surface area contributed by atoms with Crippen molar-refractivity contribution in [3.63, 3.8) is 0 Å². The van der Waals surface area contributed by atoms with E-state index in [4.69, 9.17) is 10.5 Å². The number of aliphatic hydroxyl groups is 1. The number of nitrogen functional groups attached to an aromatic ring is 1. The smallest absolute Gasteiger partial charge is 0.298 e. The minimum Gasteiger partial charge on any atom is -0.490 e. The van der Waals surface area contributed by atoms with Gasteiger partial charge in [0.2, 0.25) is 0 Å². The quantitative estimate of drug-likeness (QED) is 0.184. The van der Waals surface area contributed by atoms with Crippen molar-refractivity contribution in [2.75, 3.05) is 43.4 Å². The number of anilines is 3. The van der Waals surface area contributed by atoms with Crippen LogP contribution in [0.2, 0.25) is 0 Å². The van der Waals surface area contributed by atoms with E-state index in [0.717, 1.165) is 47.0 Å². The molecule has 2 aliphatic rings. The van der Waals surface area contributed by atoms with Crippen LogP contribution in [0.3, 0.4) is 0 Å². The summed E-state index contributed by atoms with van der Waals surface area (Å²) in [5, 5.41) is 19.5. The number of rotatable bonds is 10. The van der Waals surface area contributed by atoms with Gasteiger partial charge in [0.25, 0.3) is 5.56 Å². The van der Waals surface area contributed by atoms with Gasteiger partial charge >= 0.3 is 0 Å². The van der Waals surface area contributed by atoms with Crippen LogP contribution >= 0.6 is 11.3 Å². The lowest BCUT2D eigenvalue weighted by Gasteiger charge is -2.38. The number of likely N-dealkylation sites (tertiary alicyclic amines) is 1. The number of piperidine rings is 1. The molecule has 0 spiro atoms. The molecule has 0 amide bonds. The summed E-state index contributed by atoms with van der Waals surface area (Å²) in [5.41, 5.74) is 7.40. The fraction of sp³-hybridized carbons (Fsp3) is 0.297. The van der Waals surface area contributed by atoms with Crippen LogP contribution in [0, 0.1) is 11.6 Å². The normalized spacial score (nSPS) is 16.5. The number of benzene rings is 3. The van der Waals surface area contributed by atoms with Gasteiger partial charge < -0.3 is 25.8 Å². The fourth-order valence-electron chi connectivity index (χ4n) is 7.19. The molecule has 268 valence electrons. The van der Waals surface area contributed by atoms with Gasteiger partial charge in [-0.1, -0.05) is 24.3 Å². The molecule has 1 atom stereocenters. The van der Waals surface area contributed by atoms with Crippen LogP contribution in [0.5, 0.6) is 5.75 Å². The third kappa shape index (κ3) is 6.75. The zero-order valence-corrected chi connectivity index (χ0v) is 29.0. The Bertz CT molecular complexity index is 2260. The van der Waals surface area contributed by atoms with Crippen LogP contribution in [0.1, 0.15) is 23.3 Å². The van der Waals surface area contributed by atoms with Crippen LogP contribution < -0.4 is 26.2 Å². The number of hydrogen-bond donors (Lipinski definition) is 3. The van der Waals surface area contributed by atoms with Gasteiger partial charge in [-0.3, -0.25) is 14.3 Å². The van der Waals surface area contributed by atoms with Crippen LogP contribution in [0.25, 0.3) is 16.0 Å². The Balaban J connectivity index is 0.969. The molecule has 0 radical (unpaired) electrons. The predicted molar refractivity (Wildman–Crippen MR) is 195 cm³/mol. The van der Waals surface area contributed by atoms with Crippen LogP contribution in [0.15, 0.2) is 90.2 Å². The maximum atomic E-state index is 14.9. The first-order chi connectivity index (χ1) is 25.2. The van der Waals surface area contributed by atoms with Crippen molar-refractivity contribution in [3.05, 3.63) is 118 Å². The summed E-state index contributed by atoms with van der Waals surface area (Å²) < 4.78 is 37.7. The summed E-state index contributed by atoms with van der Waals surface area (Å²) in [6.07, 6.45) is 4.39. The number of nitrogens with one attached hydrogen (secondary N) is 1. The summed E-state index contributed by atoms with van der Waals surface area (Å²) in [5.74, 6) is -0.839. The van der Waals surface area contributed by atoms with Crippen molar-refractivity contribution >= 4 is 38.9 Å². The second-order valence-electron chi connectivity index (χ2n) is 13.2. The average Bonchev–Trinajstić information content (AvgIpc) is 3.81. The number of hydrogen-bond acceptors (Lipinski definition) is 11. The molecule has 0 saturated carbocycles. The van der Waals surface area contributed by atoms with Gasteiger partial charge in [-0.15, -0.1) is 11.3 Å². The SMILES string of the molecule is Nc1nc2sc(CNC3CCN(CC(O)(Cn4cncn4)c4ccc(F)cc4F)CC3)cc2n(-c2ccc3c(c2)N(c2ccccc2)CCO3)c1=O. The predicted octanol–water partition coefficient (Wildman–Crippen LogP) is 4.57. The monoisotopic (exact) mass is 725 g/mol. The van der Waals surface area contributed by atoms with E-state index in [9.17, 15) is 18.7 Å². The van der Waals surface area contributed by atoms with Crippen molar-refractivity contribution in [1.29, 1.82) is 0 Å². The number of β-amino-alcohol motifs (C(OH)–C–C–N with tert-alkyl or cyclic N) is 1. The molecule has 3 aromatic heterocycles. The lowest BCUT2D eigenvalue weighted by Crippen LogP contribution is -2.49. The molecular formula is C37H37F2N9O3S. The van der Waals surface area contributed by atoms with Gasteiger partial charge in [0.05, 0.1) is 30.0 Å². The Kier molecular flexibility index (Phi) is 9.17. The number of nitrogens with two attached hydrogens (primary N) is 1. The molecule has 1 saturated heterocycles. The van der Waals surface area contributed by atoms with E-state index in [1.54, 1.807) is 4.57 Å². The third-order valence-corrected chi connectivity index (χ3v) is 10.7. The third-order valence-electron chi connectivity index (χ3n) is 9.72. The lowest BCUT2D eigenvalue weighted by molar-refractivity contribution is -0.0272. The van der Waals surface area contributed by atoms with Crippen molar-refractivity contribution < 1.29 is 18.6 Å². The molecular weight excluding hydrogens is 689 g/mol. The highest BCUT2D eigenvalue weighted by molar-refractivity contribution is 7.18. The number of ether oxygens (including phenoxy) is 1. The van der Waals surface area contributed by atoms with Gasteiger partial charge in [0.15, 0.2) is 5.82 Å². The summed E-state index contributed by atoms with van der Waals surface area (Å²) in [6.45, 7) is 3.22. The van der Waals surface area contributed by atoms with E-state index in [1.807, 2.05) is 54.6 Å². The van der Waals surface area contributed by atoms with Crippen molar-refractivity contribution in [2.24, 2.45) is 0 Å². The Labute approximate surface area is 301 Å². The minimum atomic E-state index is -1.65. The first-order valence-corrected chi connectivity index (χ1v) is 17.9. The number of thiophene rings is 1. The van der Waals surface area contributed by atoms with E-state index in [2.05, 4.69) is 30.2 Å². The fourth-order valence-corrected chi connectivity index (χ4v) is 8.16. The number of halogens is 2. The topological polar surface area (TPSA) is 140 Å². The van der Waals surface area contributed by atoms with Crippen molar-refractivity contribution in [1.82, 2.24) is 34.5 Å². The summed E-state index contributed by atoms with van der Waals surface area (Å²) in [7, 11) is 0. The number of nitrogens with zero attached hydrogens (tertiary/aromatic N) is 7. The Morgan fingerprint density at radius 3 is 2.60 bits per heavy atom. The van der Waals surface area contributed by atoms with Gasteiger partial charge in [-0.05, 0) is 68.4 Å². The maximum Gasteiger partial charge on any atom is 0.298 e. The highest BCUT2D eigenvalue weighted by atomic mass is 32.1. The summed E-state index contributed by atoms with van der Waals surface area (Å²) >= 11 is 1.49. The van der Waals surface area contributed by atoms with Gasteiger partial charge in [0.1, 0.15) is 47.1 Å². The first kappa shape index (κ1) is 33.9. The van der Waals surface area contributed by atoms with Crippen LogP contribution in [0.4, 0.5) is 26.0 Å². The average molecular weight is 726 g/mol. The minimum absolute atomic E-state index is 0.0133. The maximum absolute atomic E-state index is 14.9. The highest BCUT2D eigenvalue weighted by Gasteiger charge is 2.36. The highest BCUT2D eigenvalue weighted by Crippen LogP contribution is 2.39. The Hall–Kier alpha value is -5.22. The molecule has 0 aliphatic carbocycles. The second kappa shape index (κ2) is 14.1. The zero-order valence-electron chi connectivity index (χ0n) is 28.2. The van der Waals surface area contributed by atoms with Gasteiger partial charge in [-0.2, -0.15) is 5.10 Å². The zero-order chi connectivity index (χ0) is 35.8. The largest absolute Gasteiger partial charge is 0.490 e. The molecule has 1 fully saturated rings. The standard InChI is InChI=1S/C37H37F2N9O3S/c38-24-6-8-29(30(39)16-24)37(50,21-46-23-41-22-43-46)20-45-12-10-25(11-13-45)42-19-28-18-32-35(52-28)44-34(40)36(49)48(32)27-7-9-33-31(17-27)47(14-15-51-33)26-4-2-1-3-5-26/h1-9,16-18,22-23,25,42,50H,10-15,19-21H2,(H2,40,44). The molecule has 15 heteroatoms. The summed E-state index contributed by atoms with van der Waals surface area (Å²) in [4.78, 5) is 27.8. The molecule has 0 bridgehead atoms. The molecule has 12 nitrogen and oxygen atoms in total. The first-order valence-electron chi connectivity index (χ1n) is 17.1.